The first-order chi connectivity index (χ1) is 8.14. The number of aliphatic hydroxyl groups excluding tert-OH is 1. The largest absolute Gasteiger partial charge is 0.394 e. The van der Waals surface area contributed by atoms with E-state index < -0.39 is 5.54 Å². The van der Waals surface area contributed by atoms with Gasteiger partial charge in [-0.05, 0) is 44.9 Å². The highest BCUT2D eigenvalue weighted by molar-refractivity contribution is 5.79. The third kappa shape index (κ3) is 2.99. The molecule has 17 heavy (non-hydrogen) atoms. The van der Waals surface area contributed by atoms with Crippen LogP contribution in [-0.4, -0.2) is 41.1 Å². The van der Waals surface area contributed by atoms with Gasteiger partial charge in [0.05, 0.1) is 6.61 Å². The van der Waals surface area contributed by atoms with Crippen molar-refractivity contribution in [1.29, 1.82) is 0 Å². The fourth-order valence-electron chi connectivity index (χ4n) is 2.97. The molecule has 1 saturated heterocycles. The van der Waals surface area contributed by atoms with Crippen LogP contribution in [0.15, 0.2) is 0 Å². The number of aliphatic hydroxyl groups is 1. The summed E-state index contributed by atoms with van der Waals surface area (Å²) in [7, 11) is 0. The van der Waals surface area contributed by atoms with Crippen LogP contribution in [0.3, 0.4) is 0 Å². The molecule has 2 fully saturated rings. The second kappa shape index (κ2) is 5.36. The van der Waals surface area contributed by atoms with Crippen LogP contribution in [0, 0.1) is 5.92 Å². The van der Waals surface area contributed by atoms with Gasteiger partial charge in [-0.1, -0.05) is 0 Å². The second-order valence-corrected chi connectivity index (χ2v) is 5.68. The van der Waals surface area contributed by atoms with Gasteiger partial charge in [0.25, 0.3) is 0 Å². The predicted octanol–water partition coefficient (Wildman–Crippen LogP) is 0.879. The molecule has 0 bridgehead atoms. The van der Waals surface area contributed by atoms with Gasteiger partial charge < -0.3 is 15.7 Å². The van der Waals surface area contributed by atoms with Crippen LogP contribution in [0.5, 0.6) is 0 Å². The fraction of sp³-hybridized carbons (Fsp3) is 0.923. The van der Waals surface area contributed by atoms with Crippen molar-refractivity contribution in [2.45, 2.75) is 50.5 Å². The number of hydrogen-bond acceptors (Lipinski definition) is 3. The van der Waals surface area contributed by atoms with E-state index in [-0.39, 0.29) is 12.5 Å². The first-order valence-corrected chi connectivity index (χ1v) is 6.83. The summed E-state index contributed by atoms with van der Waals surface area (Å²) in [6.45, 7) is 1.91. The average molecular weight is 240 g/mol. The summed E-state index contributed by atoms with van der Waals surface area (Å²) in [4.78, 5) is 14.3. The third-order valence-electron chi connectivity index (χ3n) is 4.31. The molecule has 0 aromatic heterocycles. The summed E-state index contributed by atoms with van der Waals surface area (Å²) in [5.74, 6) is 0.473. The van der Waals surface area contributed by atoms with Crippen molar-refractivity contribution >= 4 is 5.91 Å². The molecule has 0 spiro atoms. The van der Waals surface area contributed by atoms with E-state index in [4.69, 9.17) is 5.73 Å². The van der Waals surface area contributed by atoms with Crippen LogP contribution in [-0.2, 0) is 4.79 Å². The lowest BCUT2D eigenvalue weighted by atomic mass is 9.77. The normalized spacial score (nSPS) is 34.7. The second-order valence-electron chi connectivity index (χ2n) is 5.68. The highest BCUT2D eigenvalue weighted by Crippen LogP contribution is 2.31. The molecule has 0 aromatic carbocycles. The molecule has 1 aliphatic carbocycles. The summed E-state index contributed by atoms with van der Waals surface area (Å²) < 4.78 is 0. The Kier molecular flexibility index (Phi) is 4.05. The molecule has 2 rings (SSSR count). The molecule has 0 radical (unpaired) electrons. The zero-order valence-electron chi connectivity index (χ0n) is 10.5. The van der Waals surface area contributed by atoms with Crippen LogP contribution in [0.25, 0.3) is 0 Å². The topological polar surface area (TPSA) is 66.6 Å². The van der Waals surface area contributed by atoms with Crippen LogP contribution in [0.1, 0.15) is 44.9 Å². The monoisotopic (exact) mass is 240 g/mol. The van der Waals surface area contributed by atoms with Gasteiger partial charge in [0.1, 0.15) is 0 Å². The third-order valence-corrected chi connectivity index (χ3v) is 4.31. The van der Waals surface area contributed by atoms with E-state index in [1.807, 2.05) is 4.90 Å². The molecule has 3 N–H and O–H groups in total. The van der Waals surface area contributed by atoms with Gasteiger partial charge in [-0.25, -0.2) is 0 Å². The highest BCUT2D eigenvalue weighted by atomic mass is 16.3. The lowest BCUT2D eigenvalue weighted by Gasteiger charge is -2.37. The average Bonchev–Trinajstić information content (AvgIpc) is 2.40. The van der Waals surface area contributed by atoms with Gasteiger partial charge in [0, 0.05) is 24.5 Å². The minimum Gasteiger partial charge on any atom is -0.394 e. The zero-order chi connectivity index (χ0) is 12.3. The predicted molar refractivity (Wildman–Crippen MR) is 66.4 cm³/mol. The number of amides is 1. The van der Waals surface area contributed by atoms with Crippen LogP contribution >= 0.6 is 0 Å². The molecular formula is C13H24N2O2. The standard InChI is InChI=1S/C13H24N2O2/c14-13(10-16)6-4-11(5-7-13)12(17)15-8-2-1-3-9-15/h11,16H,1-10,14H2. The minimum absolute atomic E-state index is 0.0393. The quantitative estimate of drug-likeness (QED) is 0.753. The maximum atomic E-state index is 12.3. The molecule has 1 saturated carbocycles. The maximum Gasteiger partial charge on any atom is 0.225 e. The minimum atomic E-state index is -0.432. The van der Waals surface area contributed by atoms with Gasteiger partial charge in [-0.2, -0.15) is 0 Å². The van der Waals surface area contributed by atoms with Gasteiger partial charge >= 0.3 is 0 Å². The summed E-state index contributed by atoms with van der Waals surface area (Å²) in [5, 5.41) is 9.20. The number of carbonyl (C=O) groups is 1. The molecular weight excluding hydrogens is 216 g/mol. The number of piperidine rings is 1. The molecule has 4 nitrogen and oxygen atoms in total. The summed E-state index contributed by atoms with van der Waals surface area (Å²) in [5.41, 5.74) is 5.59. The number of hydrogen-bond donors (Lipinski definition) is 2. The summed E-state index contributed by atoms with van der Waals surface area (Å²) in [6, 6.07) is 0. The number of carbonyl (C=O) groups excluding carboxylic acids is 1. The smallest absolute Gasteiger partial charge is 0.225 e. The van der Waals surface area contributed by atoms with Crippen molar-refractivity contribution in [1.82, 2.24) is 4.90 Å². The lowest BCUT2D eigenvalue weighted by Crippen LogP contribution is -2.49. The molecule has 98 valence electrons. The zero-order valence-corrected chi connectivity index (χ0v) is 10.5. The maximum absolute atomic E-state index is 12.3. The Labute approximate surface area is 103 Å². The summed E-state index contributed by atoms with van der Waals surface area (Å²) in [6.07, 6.45) is 6.77. The van der Waals surface area contributed by atoms with Gasteiger partial charge in [0.2, 0.25) is 5.91 Å². The van der Waals surface area contributed by atoms with Crippen molar-refractivity contribution in [3.8, 4) is 0 Å². The Balaban J connectivity index is 1.85. The Bertz CT molecular complexity index is 267. The van der Waals surface area contributed by atoms with E-state index in [1.165, 1.54) is 6.42 Å². The van der Waals surface area contributed by atoms with Crippen LogP contribution in [0.2, 0.25) is 0 Å². The Morgan fingerprint density at radius 2 is 1.82 bits per heavy atom. The Morgan fingerprint density at radius 3 is 2.35 bits per heavy atom. The first-order valence-electron chi connectivity index (χ1n) is 6.83. The number of nitrogens with two attached hydrogens (primary N) is 1. The molecule has 0 atom stereocenters. The van der Waals surface area contributed by atoms with Crippen molar-refractivity contribution in [2.24, 2.45) is 11.7 Å². The number of nitrogens with zero attached hydrogens (tertiary/aromatic N) is 1. The van der Waals surface area contributed by atoms with Gasteiger partial charge in [-0.3, -0.25) is 4.79 Å². The molecule has 0 unspecified atom stereocenters. The van der Waals surface area contributed by atoms with E-state index in [9.17, 15) is 9.90 Å². The highest BCUT2D eigenvalue weighted by Gasteiger charge is 2.35. The van der Waals surface area contributed by atoms with Crippen molar-refractivity contribution in [3.05, 3.63) is 0 Å². The molecule has 0 aromatic rings. The fourth-order valence-corrected chi connectivity index (χ4v) is 2.97. The molecule has 4 heteroatoms. The van der Waals surface area contributed by atoms with E-state index in [1.54, 1.807) is 0 Å². The van der Waals surface area contributed by atoms with E-state index in [2.05, 4.69) is 0 Å². The Morgan fingerprint density at radius 1 is 1.24 bits per heavy atom. The molecule has 2 aliphatic rings. The van der Waals surface area contributed by atoms with E-state index in [0.717, 1.165) is 51.6 Å². The van der Waals surface area contributed by atoms with Crippen molar-refractivity contribution in [2.75, 3.05) is 19.7 Å². The van der Waals surface area contributed by atoms with Gasteiger partial charge in [-0.15, -0.1) is 0 Å². The molecule has 1 heterocycles. The van der Waals surface area contributed by atoms with E-state index >= 15 is 0 Å². The SMILES string of the molecule is NC1(CO)CCC(C(=O)N2CCCCC2)CC1. The van der Waals surface area contributed by atoms with Crippen molar-refractivity contribution in [3.63, 3.8) is 0 Å². The van der Waals surface area contributed by atoms with Crippen molar-refractivity contribution < 1.29 is 9.90 Å². The Hall–Kier alpha value is -0.610. The number of likely N-dealkylation sites (tertiary alicyclic amines) is 1. The van der Waals surface area contributed by atoms with Gasteiger partial charge in [0.15, 0.2) is 0 Å². The summed E-state index contributed by atoms with van der Waals surface area (Å²) >= 11 is 0. The first kappa shape index (κ1) is 12.8. The number of rotatable bonds is 2. The molecule has 1 aliphatic heterocycles. The van der Waals surface area contributed by atoms with Crippen LogP contribution < -0.4 is 5.73 Å². The van der Waals surface area contributed by atoms with Crippen LogP contribution in [0.4, 0.5) is 0 Å². The van der Waals surface area contributed by atoms with E-state index in [0.29, 0.717) is 5.91 Å². The molecule has 1 amide bonds. The lowest BCUT2D eigenvalue weighted by molar-refractivity contribution is -0.138.